The smallest absolute Gasteiger partial charge is 0.0576 e. The average Bonchev–Trinajstić information content (AvgIpc) is 2.96. The minimum atomic E-state index is 0.533. The molecule has 1 aromatic heterocycles. The highest BCUT2D eigenvalue weighted by Crippen LogP contribution is 2.17. The van der Waals surface area contributed by atoms with Crippen LogP contribution >= 0.6 is 11.3 Å². The second-order valence-corrected chi connectivity index (χ2v) is 5.41. The summed E-state index contributed by atoms with van der Waals surface area (Å²) < 4.78 is 5.63. The Bertz CT molecular complexity index is 280. The quantitative estimate of drug-likeness (QED) is 0.823. The molecule has 1 N–H and O–H groups in total. The van der Waals surface area contributed by atoms with Crippen molar-refractivity contribution in [2.75, 3.05) is 6.61 Å². The van der Waals surface area contributed by atoms with E-state index >= 15 is 0 Å². The van der Waals surface area contributed by atoms with Crippen LogP contribution in [0.3, 0.4) is 0 Å². The summed E-state index contributed by atoms with van der Waals surface area (Å²) in [6.07, 6.45) is 5.47. The van der Waals surface area contributed by atoms with Crippen molar-refractivity contribution in [1.29, 1.82) is 0 Å². The zero-order chi connectivity index (χ0) is 11.2. The van der Waals surface area contributed by atoms with Gasteiger partial charge in [-0.15, -0.1) is 0 Å². The highest BCUT2D eigenvalue weighted by Gasteiger charge is 2.16. The van der Waals surface area contributed by atoms with Crippen LogP contribution in [-0.2, 0) is 11.3 Å². The van der Waals surface area contributed by atoms with Gasteiger partial charge in [0.25, 0.3) is 0 Å². The molecule has 1 aliphatic rings. The first-order valence-corrected chi connectivity index (χ1v) is 7.15. The van der Waals surface area contributed by atoms with Crippen molar-refractivity contribution in [3.8, 4) is 0 Å². The number of thiophene rings is 1. The van der Waals surface area contributed by atoms with Gasteiger partial charge in [-0.2, -0.15) is 11.3 Å². The molecule has 0 spiro atoms. The van der Waals surface area contributed by atoms with Crippen molar-refractivity contribution >= 4 is 11.3 Å². The average molecular weight is 239 g/mol. The van der Waals surface area contributed by atoms with E-state index in [1.54, 1.807) is 11.3 Å². The lowest BCUT2D eigenvalue weighted by molar-refractivity contribution is 0.100. The van der Waals surface area contributed by atoms with Crippen LogP contribution in [-0.4, -0.2) is 18.8 Å². The standard InChI is InChI=1S/C13H21NOS/c1-11(4-5-13-3-2-7-15-13)14-9-12-6-8-16-10-12/h6,8,10-11,13-14H,2-5,7,9H2,1H3. The molecule has 2 unspecified atom stereocenters. The van der Waals surface area contributed by atoms with Gasteiger partial charge in [0, 0.05) is 19.2 Å². The summed E-state index contributed by atoms with van der Waals surface area (Å²) in [5.74, 6) is 0. The van der Waals surface area contributed by atoms with Gasteiger partial charge < -0.3 is 10.1 Å². The van der Waals surface area contributed by atoms with Gasteiger partial charge in [-0.05, 0) is 55.0 Å². The Labute approximate surface area is 102 Å². The van der Waals surface area contributed by atoms with Crippen LogP contribution in [0, 0.1) is 0 Å². The summed E-state index contributed by atoms with van der Waals surface area (Å²) in [5, 5.41) is 7.90. The molecule has 1 aromatic rings. The lowest BCUT2D eigenvalue weighted by Gasteiger charge is -2.15. The summed E-state index contributed by atoms with van der Waals surface area (Å²) in [5.41, 5.74) is 1.40. The Hall–Kier alpha value is -0.380. The van der Waals surface area contributed by atoms with Gasteiger partial charge in [-0.25, -0.2) is 0 Å². The molecular weight excluding hydrogens is 218 g/mol. The normalized spacial score (nSPS) is 22.4. The molecule has 1 aliphatic heterocycles. The molecule has 2 rings (SSSR count). The minimum Gasteiger partial charge on any atom is -0.378 e. The molecule has 2 atom stereocenters. The third kappa shape index (κ3) is 3.89. The fraction of sp³-hybridized carbons (Fsp3) is 0.692. The van der Waals surface area contributed by atoms with E-state index in [1.165, 1.54) is 31.2 Å². The Balaban J connectivity index is 1.58. The largest absolute Gasteiger partial charge is 0.378 e. The first-order chi connectivity index (χ1) is 7.84. The maximum Gasteiger partial charge on any atom is 0.0576 e. The Morgan fingerprint density at radius 1 is 1.62 bits per heavy atom. The molecule has 16 heavy (non-hydrogen) atoms. The monoisotopic (exact) mass is 239 g/mol. The first kappa shape index (κ1) is 12.1. The topological polar surface area (TPSA) is 21.3 Å². The second kappa shape index (κ2) is 6.38. The van der Waals surface area contributed by atoms with Crippen LogP contribution in [0.4, 0.5) is 0 Å². The van der Waals surface area contributed by atoms with Gasteiger partial charge in [-0.1, -0.05) is 0 Å². The van der Waals surface area contributed by atoms with E-state index in [-0.39, 0.29) is 0 Å². The molecule has 0 aromatic carbocycles. The number of hydrogen-bond donors (Lipinski definition) is 1. The zero-order valence-corrected chi connectivity index (χ0v) is 10.8. The van der Waals surface area contributed by atoms with E-state index in [0.717, 1.165) is 13.2 Å². The maximum absolute atomic E-state index is 5.63. The second-order valence-electron chi connectivity index (χ2n) is 4.63. The van der Waals surface area contributed by atoms with E-state index in [0.29, 0.717) is 12.1 Å². The van der Waals surface area contributed by atoms with Crippen molar-refractivity contribution < 1.29 is 4.74 Å². The van der Waals surface area contributed by atoms with Crippen LogP contribution in [0.25, 0.3) is 0 Å². The molecule has 0 amide bonds. The third-order valence-corrected chi connectivity index (χ3v) is 3.91. The van der Waals surface area contributed by atoms with Crippen molar-refractivity contribution in [2.24, 2.45) is 0 Å². The number of rotatable bonds is 6. The SMILES string of the molecule is CC(CCC1CCCO1)NCc1ccsc1. The van der Waals surface area contributed by atoms with E-state index in [1.807, 2.05) is 0 Å². The number of nitrogens with one attached hydrogen (secondary N) is 1. The molecule has 2 nitrogen and oxygen atoms in total. The Morgan fingerprint density at radius 3 is 3.25 bits per heavy atom. The highest BCUT2D eigenvalue weighted by atomic mass is 32.1. The zero-order valence-electron chi connectivity index (χ0n) is 9.95. The van der Waals surface area contributed by atoms with Crippen LogP contribution in [0.15, 0.2) is 16.8 Å². The molecule has 90 valence electrons. The molecule has 1 saturated heterocycles. The molecule has 3 heteroatoms. The van der Waals surface area contributed by atoms with Crippen LogP contribution in [0.5, 0.6) is 0 Å². The molecule has 0 aliphatic carbocycles. The Kier molecular flexibility index (Phi) is 4.82. The number of hydrogen-bond acceptors (Lipinski definition) is 3. The molecule has 0 radical (unpaired) electrons. The lowest BCUT2D eigenvalue weighted by atomic mass is 10.1. The van der Waals surface area contributed by atoms with Crippen molar-refractivity contribution in [1.82, 2.24) is 5.32 Å². The molecule has 0 saturated carbocycles. The van der Waals surface area contributed by atoms with E-state index in [2.05, 4.69) is 29.1 Å². The van der Waals surface area contributed by atoms with Gasteiger partial charge in [0.1, 0.15) is 0 Å². The van der Waals surface area contributed by atoms with E-state index in [9.17, 15) is 0 Å². The summed E-state index contributed by atoms with van der Waals surface area (Å²) in [6.45, 7) is 4.24. The molecule has 1 fully saturated rings. The van der Waals surface area contributed by atoms with Gasteiger partial charge in [0.05, 0.1) is 6.10 Å². The van der Waals surface area contributed by atoms with Gasteiger partial charge >= 0.3 is 0 Å². The van der Waals surface area contributed by atoms with Gasteiger partial charge in [0.15, 0.2) is 0 Å². The fourth-order valence-electron chi connectivity index (χ4n) is 2.10. The van der Waals surface area contributed by atoms with E-state index in [4.69, 9.17) is 4.74 Å². The fourth-order valence-corrected chi connectivity index (χ4v) is 2.76. The molecular formula is C13H21NOS. The van der Waals surface area contributed by atoms with Crippen LogP contribution in [0.2, 0.25) is 0 Å². The van der Waals surface area contributed by atoms with Crippen molar-refractivity contribution in [3.63, 3.8) is 0 Å². The Morgan fingerprint density at radius 2 is 2.56 bits per heavy atom. The van der Waals surface area contributed by atoms with Crippen LogP contribution in [0.1, 0.15) is 38.2 Å². The van der Waals surface area contributed by atoms with Gasteiger partial charge in [0.2, 0.25) is 0 Å². The van der Waals surface area contributed by atoms with Crippen molar-refractivity contribution in [3.05, 3.63) is 22.4 Å². The predicted octanol–water partition coefficient (Wildman–Crippen LogP) is 3.19. The predicted molar refractivity (Wildman–Crippen MR) is 68.8 cm³/mol. The van der Waals surface area contributed by atoms with Crippen molar-refractivity contribution in [2.45, 2.75) is 51.3 Å². The molecule has 0 bridgehead atoms. The summed E-state index contributed by atoms with van der Waals surface area (Å²) in [4.78, 5) is 0. The first-order valence-electron chi connectivity index (χ1n) is 6.20. The summed E-state index contributed by atoms with van der Waals surface area (Å²) in [7, 11) is 0. The summed E-state index contributed by atoms with van der Waals surface area (Å²) in [6, 6.07) is 2.77. The van der Waals surface area contributed by atoms with Gasteiger partial charge in [-0.3, -0.25) is 0 Å². The number of ether oxygens (including phenoxy) is 1. The van der Waals surface area contributed by atoms with E-state index < -0.39 is 0 Å². The highest BCUT2D eigenvalue weighted by molar-refractivity contribution is 7.07. The maximum atomic E-state index is 5.63. The van der Waals surface area contributed by atoms with Crippen LogP contribution < -0.4 is 5.32 Å². The minimum absolute atomic E-state index is 0.533. The summed E-state index contributed by atoms with van der Waals surface area (Å²) >= 11 is 1.77. The lowest BCUT2D eigenvalue weighted by Crippen LogP contribution is -2.26. The molecule has 2 heterocycles. The third-order valence-electron chi connectivity index (χ3n) is 3.18.